The topological polar surface area (TPSA) is 95.6 Å². The number of carbonyl (C=O) groups excluding carboxylic acids is 2. The van der Waals surface area contributed by atoms with Crippen LogP contribution in [0.1, 0.15) is 41.6 Å². The molecule has 1 heterocycles. The Hall–Kier alpha value is -3.49. The van der Waals surface area contributed by atoms with Crippen LogP contribution < -0.4 is 10.6 Å². The van der Waals surface area contributed by atoms with Gasteiger partial charge in [0.1, 0.15) is 0 Å². The van der Waals surface area contributed by atoms with Gasteiger partial charge in [-0.05, 0) is 59.9 Å². The molecule has 2 amide bonds. The van der Waals surface area contributed by atoms with Crippen LogP contribution in [0, 0.1) is 6.92 Å². The highest BCUT2D eigenvalue weighted by Crippen LogP contribution is 2.36. The Bertz CT molecular complexity index is 1340. The summed E-state index contributed by atoms with van der Waals surface area (Å²) in [5.74, 6) is -0.443. The smallest absolute Gasteiger partial charge is 0.243 e. The summed E-state index contributed by atoms with van der Waals surface area (Å²) in [6.07, 6.45) is 0.590. The van der Waals surface area contributed by atoms with Gasteiger partial charge in [0.15, 0.2) is 0 Å². The Morgan fingerprint density at radius 1 is 0.971 bits per heavy atom. The van der Waals surface area contributed by atoms with Gasteiger partial charge in [0.2, 0.25) is 21.8 Å². The lowest BCUT2D eigenvalue weighted by molar-refractivity contribution is -0.122. The van der Waals surface area contributed by atoms with Crippen LogP contribution in [0.4, 0.5) is 5.69 Å². The Labute approximate surface area is 206 Å². The van der Waals surface area contributed by atoms with Crippen LogP contribution in [0.5, 0.6) is 0 Å². The molecule has 1 atom stereocenters. The summed E-state index contributed by atoms with van der Waals surface area (Å²) < 4.78 is 28.7. The largest absolute Gasteiger partial charge is 0.352 e. The minimum Gasteiger partial charge on any atom is -0.352 e. The molecule has 1 aliphatic rings. The lowest BCUT2D eigenvalue weighted by Gasteiger charge is -2.36. The van der Waals surface area contributed by atoms with Crippen LogP contribution in [0.2, 0.25) is 0 Å². The van der Waals surface area contributed by atoms with Gasteiger partial charge in [-0.15, -0.1) is 0 Å². The van der Waals surface area contributed by atoms with Crippen molar-refractivity contribution < 1.29 is 18.0 Å². The van der Waals surface area contributed by atoms with Gasteiger partial charge in [-0.1, -0.05) is 48.5 Å². The zero-order valence-corrected chi connectivity index (χ0v) is 20.6. The molecular formula is C27H29N3O4S. The van der Waals surface area contributed by atoms with E-state index in [-0.39, 0.29) is 29.7 Å². The number of amides is 2. The third-order valence-electron chi connectivity index (χ3n) is 6.26. The van der Waals surface area contributed by atoms with E-state index in [4.69, 9.17) is 0 Å². The van der Waals surface area contributed by atoms with Crippen molar-refractivity contribution in [1.82, 2.24) is 9.62 Å². The molecule has 0 spiro atoms. The molecule has 3 aromatic rings. The fraction of sp³-hybridized carbons (Fsp3) is 0.259. The molecule has 0 fully saturated rings. The van der Waals surface area contributed by atoms with Gasteiger partial charge < -0.3 is 10.6 Å². The predicted octanol–water partition coefficient (Wildman–Crippen LogP) is 3.95. The lowest BCUT2D eigenvalue weighted by atomic mass is 9.92. The van der Waals surface area contributed by atoms with Crippen LogP contribution in [0.15, 0.2) is 77.7 Å². The van der Waals surface area contributed by atoms with Crippen LogP contribution in [0.3, 0.4) is 0 Å². The van der Waals surface area contributed by atoms with E-state index in [9.17, 15) is 18.0 Å². The highest BCUT2D eigenvalue weighted by atomic mass is 32.2. The standard InChI is InChI=1S/C27H29N3O4S/c1-19-7-3-4-9-22(19)18-28-27(32)17-26-25-10-6-5-8-21(25)15-16-30(26)35(33,34)24-13-11-23(12-14-24)29-20(2)31/h3-14,26H,15-18H2,1-2H3,(H,28,32)(H,29,31)/t26-/m1/s1. The minimum absolute atomic E-state index is 0.0199. The third-order valence-corrected chi connectivity index (χ3v) is 8.18. The number of carbonyl (C=O) groups is 2. The number of nitrogens with zero attached hydrogens (tertiary/aromatic N) is 1. The van der Waals surface area contributed by atoms with Crippen molar-refractivity contribution in [2.75, 3.05) is 11.9 Å². The molecule has 3 aromatic carbocycles. The van der Waals surface area contributed by atoms with Crippen LogP contribution in [-0.2, 0) is 32.6 Å². The van der Waals surface area contributed by atoms with Crippen molar-refractivity contribution >= 4 is 27.5 Å². The summed E-state index contributed by atoms with van der Waals surface area (Å²) >= 11 is 0. The highest BCUT2D eigenvalue weighted by Gasteiger charge is 2.37. The van der Waals surface area contributed by atoms with E-state index in [1.807, 2.05) is 55.5 Å². The molecule has 0 radical (unpaired) electrons. The van der Waals surface area contributed by atoms with E-state index < -0.39 is 16.1 Å². The molecule has 2 N–H and O–H groups in total. The summed E-state index contributed by atoms with van der Waals surface area (Å²) in [5, 5.41) is 5.60. The second-order valence-electron chi connectivity index (χ2n) is 8.69. The number of fused-ring (bicyclic) bond motifs is 1. The maximum Gasteiger partial charge on any atom is 0.243 e. The first-order chi connectivity index (χ1) is 16.8. The second-order valence-corrected chi connectivity index (χ2v) is 10.6. The molecule has 35 heavy (non-hydrogen) atoms. The van der Waals surface area contributed by atoms with Gasteiger partial charge in [-0.3, -0.25) is 9.59 Å². The van der Waals surface area contributed by atoms with Gasteiger partial charge in [-0.25, -0.2) is 8.42 Å². The fourth-order valence-corrected chi connectivity index (χ4v) is 6.03. The maximum atomic E-state index is 13.7. The van der Waals surface area contributed by atoms with Crippen LogP contribution in [0.25, 0.3) is 0 Å². The van der Waals surface area contributed by atoms with E-state index in [1.165, 1.54) is 23.4 Å². The number of anilines is 1. The molecule has 7 nitrogen and oxygen atoms in total. The van der Waals surface area contributed by atoms with E-state index >= 15 is 0 Å². The second kappa shape index (κ2) is 10.4. The molecule has 4 rings (SSSR count). The maximum absolute atomic E-state index is 13.7. The summed E-state index contributed by atoms with van der Waals surface area (Å²) in [6.45, 7) is 4.05. The number of hydrogen-bond donors (Lipinski definition) is 2. The van der Waals surface area contributed by atoms with Gasteiger partial charge in [0, 0.05) is 32.1 Å². The third kappa shape index (κ3) is 5.61. The number of sulfonamides is 1. The van der Waals surface area contributed by atoms with Gasteiger partial charge in [0.05, 0.1) is 10.9 Å². The number of nitrogens with one attached hydrogen (secondary N) is 2. The van der Waals surface area contributed by atoms with Crippen molar-refractivity contribution in [2.24, 2.45) is 0 Å². The Balaban J connectivity index is 1.58. The molecule has 0 saturated carbocycles. The van der Waals surface area contributed by atoms with Gasteiger partial charge >= 0.3 is 0 Å². The number of hydrogen-bond acceptors (Lipinski definition) is 4. The van der Waals surface area contributed by atoms with Crippen molar-refractivity contribution in [3.05, 3.63) is 95.1 Å². The molecule has 1 aliphatic heterocycles. The zero-order chi connectivity index (χ0) is 25.0. The quantitative estimate of drug-likeness (QED) is 0.523. The predicted molar refractivity (Wildman–Crippen MR) is 135 cm³/mol. The fourth-order valence-electron chi connectivity index (χ4n) is 4.43. The molecule has 182 valence electrons. The average Bonchev–Trinajstić information content (AvgIpc) is 2.83. The van der Waals surface area contributed by atoms with E-state index in [1.54, 1.807) is 12.1 Å². The molecule has 8 heteroatoms. The molecular weight excluding hydrogens is 462 g/mol. The van der Waals surface area contributed by atoms with E-state index in [0.29, 0.717) is 18.7 Å². The number of aryl methyl sites for hydroxylation is 1. The Kier molecular flexibility index (Phi) is 7.33. The number of benzene rings is 3. The van der Waals surface area contributed by atoms with Crippen molar-refractivity contribution in [2.45, 2.75) is 44.2 Å². The Morgan fingerprint density at radius 2 is 1.66 bits per heavy atom. The van der Waals surface area contributed by atoms with Gasteiger partial charge in [-0.2, -0.15) is 4.31 Å². The highest BCUT2D eigenvalue weighted by molar-refractivity contribution is 7.89. The van der Waals surface area contributed by atoms with Crippen molar-refractivity contribution in [3.63, 3.8) is 0 Å². The molecule has 0 aliphatic carbocycles. The lowest BCUT2D eigenvalue weighted by Crippen LogP contribution is -2.42. The summed E-state index contributed by atoms with van der Waals surface area (Å²) in [6, 6.07) is 21.0. The van der Waals surface area contributed by atoms with Crippen molar-refractivity contribution in [1.29, 1.82) is 0 Å². The monoisotopic (exact) mass is 491 g/mol. The molecule has 0 bridgehead atoms. The first kappa shape index (κ1) is 24.6. The Morgan fingerprint density at radius 3 is 2.37 bits per heavy atom. The van der Waals surface area contributed by atoms with Crippen LogP contribution >= 0.6 is 0 Å². The molecule has 0 saturated heterocycles. The first-order valence-electron chi connectivity index (χ1n) is 11.5. The summed E-state index contributed by atoms with van der Waals surface area (Å²) in [4.78, 5) is 24.4. The normalized spacial score (nSPS) is 15.8. The summed E-state index contributed by atoms with van der Waals surface area (Å²) in [7, 11) is -3.88. The summed E-state index contributed by atoms with van der Waals surface area (Å²) in [5.41, 5.74) is 4.53. The molecule has 0 unspecified atom stereocenters. The minimum atomic E-state index is -3.88. The molecule has 0 aromatic heterocycles. The SMILES string of the molecule is CC(=O)Nc1ccc(S(=O)(=O)N2CCc3ccccc3[C@H]2CC(=O)NCc2ccccc2C)cc1. The van der Waals surface area contributed by atoms with E-state index in [0.717, 1.165) is 22.3 Å². The van der Waals surface area contributed by atoms with Gasteiger partial charge in [0.25, 0.3) is 0 Å². The first-order valence-corrected chi connectivity index (χ1v) is 13.0. The van der Waals surface area contributed by atoms with Crippen LogP contribution in [-0.4, -0.2) is 31.1 Å². The average molecular weight is 492 g/mol. The zero-order valence-electron chi connectivity index (χ0n) is 19.8. The van der Waals surface area contributed by atoms with Crippen molar-refractivity contribution in [3.8, 4) is 0 Å². The van der Waals surface area contributed by atoms with E-state index in [2.05, 4.69) is 10.6 Å². The number of rotatable bonds is 7.